The number of hydrogen-bond donors (Lipinski definition) is 1. The lowest BCUT2D eigenvalue weighted by Gasteiger charge is -2.10. The molecule has 0 aromatic heterocycles. The van der Waals surface area contributed by atoms with Gasteiger partial charge >= 0.3 is 0 Å². The molecule has 2 rings (SSSR count). The van der Waals surface area contributed by atoms with Crippen LogP contribution >= 0.6 is 0 Å². The van der Waals surface area contributed by atoms with Gasteiger partial charge in [-0.25, -0.2) is 4.79 Å². The van der Waals surface area contributed by atoms with Gasteiger partial charge in [-0.3, -0.25) is 0 Å². The smallest absolute Gasteiger partial charge is 0.131 e. The van der Waals surface area contributed by atoms with Crippen LogP contribution in [0.3, 0.4) is 0 Å². The van der Waals surface area contributed by atoms with E-state index in [4.69, 9.17) is 9.84 Å². The first-order valence-electron chi connectivity index (χ1n) is 6.86. The molecular weight excluding hydrogens is 264 g/mol. The summed E-state index contributed by atoms with van der Waals surface area (Å²) in [4.78, 5) is 10.7. The molecule has 2 aromatic rings. The van der Waals surface area contributed by atoms with E-state index < -0.39 is 0 Å². The van der Waals surface area contributed by atoms with Crippen LogP contribution in [-0.2, 0) is 11.2 Å². The van der Waals surface area contributed by atoms with E-state index in [9.17, 15) is 4.79 Å². The molecule has 0 aliphatic rings. The normalized spacial score (nSPS) is 10.0. The number of aliphatic hydroxyl groups is 1. The predicted octanol–water partition coefficient (Wildman–Crippen LogP) is 3.13. The van der Waals surface area contributed by atoms with Crippen molar-refractivity contribution in [1.29, 1.82) is 0 Å². The molecule has 0 spiro atoms. The molecule has 0 aliphatic heterocycles. The Morgan fingerprint density at radius 3 is 2.33 bits per heavy atom. The van der Waals surface area contributed by atoms with Gasteiger partial charge in [-0.1, -0.05) is 37.3 Å². The summed E-state index contributed by atoms with van der Waals surface area (Å²) in [5.74, 6) is 2.65. The van der Waals surface area contributed by atoms with Crippen molar-refractivity contribution in [2.45, 2.75) is 13.3 Å². The van der Waals surface area contributed by atoms with Crippen molar-refractivity contribution < 1.29 is 14.6 Å². The Hall–Kier alpha value is -2.35. The highest BCUT2D eigenvalue weighted by Gasteiger charge is 2.06. The maximum absolute atomic E-state index is 10.7. The molecule has 3 heteroatoms. The van der Waals surface area contributed by atoms with Crippen LogP contribution in [0.5, 0.6) is 5.75 Å². The second-order valence-corrected chi connectivity index (χ2v) is 4.70. The van der Waals surface area contributed by atoms with Crippen molar-refractivity contribution in [3.63, 3.8) is 0 Å². The number of carbonyl (C=O) groups excluding carboxylic acids is 1. The Morgan fingerprint density at radius 2 is 1.81 bits per heavy atom. The maximum Gasteiger partial charge on any atom is 0.131 e. The Kier molecular flexibility index (Phi) is 4.94. The van der Waals surface area contributed by atoms with Crippen molar-refractivity contribution in [3.8, 4) is 16.9 Å². The van der Waals surface area contributed by atoms with E-state index in [1.807, 2.05) is 36.4 Å². The summed E-state index contributed by atoms with van der Waals surface area (Å²) in [7, 11) is 1.67. The molecule has 1 N–H and O–H groups in total. The van der Waals surface area contributed by atoms with Gasteiger partial charge in [0.25, 0.3) is 0 Å². The second-order valence-electron chi connectivity index (χ2n) is 4.70. The number of aliphatic hydroxyl groups excluding tert-OH is 1. The van der Waals surface area contributed by atoms with Gasteiger partial charge in [0, 0.05) is 0 Å². The van der Waals surface area contributed by atoms with E-state index >= 15 is 0 Å². The zero-order valence-electron chi connectivity index (χ0n) is 12.2. The van der Waals surface area contributed by atoms with Crippen molar-refractivity contribution in [2.75, 3.05) is 13.7 Å². The van der Waals surface area contributed by atoms with E-state index in [2.05, 4.69) is 13.0 Å². The number of rotatable bonds is 5. The fraction of sp³-hybridized carbons (Fsp3) is 0.222. The summed E-state index contributed by atoms with van der Waals surface area (Å²) in [6.07, 6.45) is 0.900. The van der Waals surface area contributed by atoms with Crippen LogP contribution < -0.4 is 4.74 Å². The van der Waals surface area contributed by atoms with E-state index in [1.165, 1.54) is 0 Å². The van der Waals surface area contributed by atoms with Crippen LogP contribution in [0.4, 0.5) is 0 Å². The molecule has 0 saturated heterocycles. The first-order chi connectivity index (χ1) is 10.2. The number of hydrogen-bond acceptors (Lipinski definition) is 3. The van der Waals surface area contributed by atoms with Gasteiger partial charge in [-0.15, -0.1) is 0 Å². The fourth-order valence-electron chi connectivity index (χ4n) is 2.28. The summed E-state index contributed by atoms with van der Waals surface area (Å²) >= 11 is 0. The number of aryl methyl sites for hydroxylation is 1. The van der Waals surface area contributed by atoms with Crippen LogP contribution in [0.25, 0.3) is 16.7 Å². The third-order valence-corrected chi connectivity index (χ3v) is 3.51. The molecule has 108 valence electrons. The molecule has 0 radical (unpaired) electrons. The molecule has 0 aliphatic carbocycles. The monoisotopic (exact) mass is 282 g/mol. The van der Waals surface area contributed by atoms with E-state index in [1.54, 1.807) is 13.1 Å². The summed E-state index contributed by atoms with van der Waals surface area (Å²) in [6, 6.07) is 13.6. The standard InChI is InChI=1S/C18H18O3/c1-3-13-10-16(8-9-18(13)21-2)14-4-6-15(7-5-14)17(11-19)12-20/h4-10,19H,3,11H2,1-2H3. The van der Waals surface area contributed by atoms with Crippen molar-refractivity contribution in [2.24, 2.45) is 0 Å². The molecule has 2 aromatic carbocycles. The van der Waals surface area contributed by atoms with E-state index in [0.717, 1.165) is 28.9 Å². The maximum atomic E-state index is 10.7. The largest absolute Gasteiger partial charge is 0.496 e. The lowest BCUT2D eigenvalue weighted by Crippen LogP contribution is -1.92. The highest BCUT2D eigenvalue weighted by molar-refractivity contribution is 5.88. The van der Waals surface area contributed by atoms with Crippen molar-refractivity contribution >= 4 is 11.5 Å². The van der Waals surface area contributed by atoms with Gasteiger partial charge in [0.2, 0.25) is 0 Å². The average molecular weight is 282 g/mol. The second kappa shape index (κ2) is 6.89. The molecular formula is C18H18O3. The van der Waals surface area contributed by atoms with E-state index in [-0.39, 0.29) is 12.2 Å². The average Bonchev–Trinajstić information content (AvgIpc) is 2.56. The summed E-state index contributed by atoms with van der Waals surface area (Å²) in [6.45, 7) is 1.79. The summed E-state index contributed by atoms with van der Waals surface area (Å²) < 4.78 is 5.33. The highest BCUT2D eigenvalue weighted by Crippen LogP contribution is 2.27. The quantitative estimate of drug-likeness (QED) is 0.857. The molecule has 0 atom stereocenters. The molecule has 3 nitrogen and oxygen atoms in total. The third-order valence-electron chi connectivity index (χ3n) is 3.51. The molecule has 0 amide bonds. The van der Waals surface area contributed by atoms with Gasteiger partial charge in [-0.05, 0) is 40.8 Å². The van der Waals surface area contributed by atoms with Crippen LogP contribution in [0, 0.1) is 0 Å². The van der Waals surface area contributed by atoms with Gasteiger partial charge in [0.15, 0.2) is 0 Å². The summed E-state index contributed by atoms with van der Waals surface area (Å²) in [5, 5.41) is 9.08. The minimum Gasteiger partial charge on any atom is -0.496 e. The van der Waals surface area contributed by atoms with Crippen LogP contribution in [0.1, 0.15) is 18.1 Å². The van der Waals surface area contributed by atoms with Gasteiger partial charge in [0.1, 0.15) is 11.7 Å². The Balaban J connectivity index is 2.37. The molecule has 0 fully saturated rings. The van der Waals surface area contributed by atoms with Gasteiger partial charge in [-0.2, -0.15) is 0 Å². The molecule has 0 bridgehead atoms. The number of ether oxygens (including phenoxy) is 1. The van der Waals surface area contributed by atoms with Gasteiger partial charge in [0.05, 0.1) is 19.3 Å². The first-order valence-corrected chi connectivity index (χ1v) is 6.86. The number of benzene rings is 2. The van der Waals surface area contributed by atoms with Crippen LogP contribution in [-0.4, -0.2) is 24.8 Å². The third kappa shape index (κ3) is 3.22. The van der Waals surface area contributed by atoms with Crippen LogP contribution in [0.2, 0.25) is 0 Å². The molecule has 0 unspecified atom stereocenters. The predicted molar refractivity (Wildman–Crippen MR) is 84.0 cm³/mol. The Morgan fingerprint density at radius 1 is 1.14 bits per heavy atom. The van der Waals surface area contributed by atoms with Gasteiger partial charge < -0.3 is 9.84 Å². The lowest BCUT2D eigenvalue weighted by molar-refractivity contribution is 0.350. The zero-order chi connectivity index (χ0) is 15.2. The minimum atomic E-state index is -0.300. The zero-order valence-corrected chi connectivity index (χ0v) is 12.2. The minimum absolute atomic E-state index is 0.269. The topological polar surface area (TPSA) is 46.5 Å². The number of methoxy groups -OCH3 is 1. The van der Waals surface area contributed by atoms with Crippen molar-refractivity contribution in [1.82, 2.24) is 0 Å². The van der Waals surface area contributed by atoms with Crippen LogP contribution in [0.15, 0.2) is 42.5 Å². The SMILES string of the molecule is CCc1cc(-c2ccc(C(=C=O)CO)cc2)ccc1OC. The lowest BCUT2D eigenvalue weighted by atomic mass is 9.99. The molecule has 0 heterocycles. The molecule has 21 heavy (non-hydrogen) atoms. The fourth-order valence-corrected chi connectivity index (χ4v) is 2.28. The van der Waals surface area contributed by atoms with Crippen molar-refractivity contribution in [3.05, 3.63) is 53.6 Å². The Bertz CT molecular complexity index is 665. The first kappa shape index (κ1) is 15.0. The Labute approximate surface area is 124 Å². The molecule has 0 saturated carbocycles. The summed E-state index contributed by atoms with van der Waals surface area (Å²) in [5.41, 5.74) is 4.27. The highest BCUT2D eigenvalue weighted by atomic mass is 16.5. The van der Waals surface area contributed by atoms with E-state index in [0.29, 0.717) is 5.56 Å².